The van der Waals surface area contributed by atoms with E-state index in [1.807, 2.05) is 6.92 Å². The number of methoxy groups -OCH3 is 1. The Hall–Kier alpha value is -3.15. The number of amides is 1. The van der Waals surface area contributed by atoms with Gasteiger partial charge in [-0.1, -0.05) is 12.1 Å². The van der Waals surface area contributed by atoms with Crippen LogP contribution in [-0.2, 0) is 4.74 Å². The fourth-order valence-corrected chi connectivity index (χ4v) is 1.92. The van der Waals surface area contributed by atoms with Gasteiger partial charge in [0.05, 0.1) is 25.5 Å². The van der Waals surface area contributed by atoms with Crippen molar-refractivity contribution in [1.82, 2.24) is 5.43 Å². The second-order valence-corrected chi connectivity index (χ2v) is 4.77. The molecule has 0 aromatic heterocycles. The zero-order chi connectivity index (χ0) is 17.4. The lowest BCUT2D eigenvalue weighted by atomic mass is 10.1. The number of nitrogens with one attached hydrogen (secondary N) is 1. The summed E-state index contributed by atoms with van der Waals surface area (Å²) in [6, 6.07) is 13.5. The van der Waals surface area contributed by atoms with Crippen molar-refractivity contribution in [1.29, 1.82) is 0 Å². The molecule has 6 nitrogen and oxygen atoms in total. The van der Waals surface area contributed by atoms with Crippen molar-refractivity contribution in [2.24, 2.45) is 5.10 Å². The average molecular weight is 326 g/mol. The number of carbonyl (C=O) groups excluding carboxylic acids is 2. The summed E-state index contributed by atoms with van der Waals surface area (Å²) >= 11 is 0. The van der Waals surface area contributed by atoms with Crippen LogP contribution in [0, 0.1) is 0 Å². The number of hydrazone groups is 1. The molecule has 2 rings (SSSR count). The number of rotatable bonds is 6. The zero-order valence-corrected chi connectivity index (χ0v) is 13.5. The molecule has 2 aromatic rings. The molecule has 0 spiro atoms. The molecule has 6 heteroatoms. The molecule has 24 heavy (non-hydrogen) atoms. The van der Waals surface area contributed by atoms with Crippen LogP contribution in [0.2, 0.25) is 0 Å². The third-order valence-electron chi connectivity index (χ3n) is 3.14. The lowest BCUT2D eigenvalue weighted by Gasteiger charge is -2.04. The van der Waals surface area contributed by atoms with E-state index in [4.69, 9.17) is 4.74 Å². The number of esters is 1. The van der Waals surface area contributed by atoms with Gasteiger partial charge < -0.3 is 9.47 Å². The second kappa shape index (κ2) is 8.47. The maximum Gasteiger partial charge on any atom is 0.337 e. The minimum Gasteiger partial charge on any atom is -0.494 e. The molecule has 0 unspecified atom stereocenters. The zero-order valence-electron chi connectivity index (χ0n) is 13.5. The molecule has 0 heterocycles. The Labute approximate surface area is 140 Å². The van der Waals surface area contributed by atoms with Crippen molar-refractivity contribution < 1.29 is 19.1 Å². The molecule has 1 N–H and O–H groups in total. The molecule has 0 saturated heterocycles. The summed E-state index contributed by atoms with van der Waals surface area (Å²) in [5.74, 6) is -0.00832. The van der Waals surface area contributed by atoms with Crippen molar-refractivity contribution in [3.05, 3.63) is 65.2 Å². The quantitative estimate of drug-likeness (QED) is 0.503. The van der Waals surface area contributed by atoms with Crippen LogP contribution in [0.15, 0.2) is 53.6 Å². The monoisotopic (exact) mass is 326 g/mol. The third kappa shape index (κ3) is 4.67. The summed E-state index contributed by atoms with van der Waals surface area (Å²) in [7, 11) is 1.33. The van der Waals surface area contributed by atoms with E-state index < -0.39 is 5.97 Å². The molecular formula is C18H18N2O4. The van der Waals surface area contributed by atoms with Crippen molar-refractivity contribution in [2.75, 3.05) is 13.7 Å². The number of hydrogen-bond donors (Lipinski definition) is 1. The first kappa shape index (κ1) is 17.2. The number of carbonyl (C=O) groups is 2. The van der Waals surface area contributed by atoms with Crippen LogP contribution in [0.5, 0.6) is 5.75 Å². The number of nitrogens with zero attached hydrogens (tertiary/aromatic N) is 1. The maximum absolute atomic E-state index is 12.0. The maximum atomic E-state index is 12.0. The molecule has 124 valence electrons. The van der Waals surface area contributed by atoms with Gasteiger partial charge in [0.15, 0.2) is 0 Å². The van der Waals surface area contributed by atoms with E-state index in [-0.39, 0.29) is 5.91 Å². The van der Waals surface area contributed by atoms with Crippen molar-refractivity contribution in [3.8, 4) is 5.75 Å². The van der Waals surface area contributed by atoms with Crippen LogP contribution < -0.4 is 10.2 Å². The van der Waals surface area contributed by atoms with E-state index in [9.17, 15) is 9.59 Å². The van der Waals surface area contributed by atoms with E-state index in [2.05, 4.69) is 15.3 Å². The third-order valence-corrected chi connectivity index (χ3v) is 3.14. The Balaban J connectivity index is 1.93. The van der Waals surface area contributed by atoms with Gasteiger partial charge in [-0.05, 0) is 48.9 Å². The van der Waals surface area contributed by atoms with Crippen molar-refractivity contribution in [3.63, 3.8) is 0 Å². The Bertz CT molecular complexity index is 722. The van der Waals surface area contributed by atoms with Crippen LogP contribution in [0.1, 0.15) is 33.2 Å². The molecule has 0 aliphatic heterocycles. The minimum atomic E-state index is -0.401. The van der Waals surface area contributed by atoms with Crippen molar-refractivity contribution >= 4 is 18.1 Å². The van der Waals surface area contributed by atoms with E-state index in [1.54, 1.807) is 48.5 Å². The van der Waals surface area contributed by atoms with Crippen LogP contribution in [0.25, 0.3) is 0 Å². The standard InChI is InChI=1S/C18H18N2O4/c1-3-24-16-10-8-14(9-11-16)17(21)20-19-12-13-4-6-15(7-5-13)18(22)23-2/h4-12H,3H2,1-2H3,(H,20,21)/b19-12+. The highest BCUT2D eigenvalue weighted by atomic mass is 16.5. The Morgan fingerprint density at radius 2 is 1.67 bits per heavy atom. The summed E-state index contributed by atoms with van der Waals surface area (Å²) in [4.78, 5) is 23.3. The normalized spacial score (nSPS) is 10.4. The molecule has 0 aliphatic rings. The highest BCUT2D eigenvalue weighted by molar-refractivity contribution is 5.95. The molecule has 0 atom stereocenters. The molecule has 2 aromatic carbocycles. The summed E-state index contributed by atoms with van der Waals surface area (Å²) in [5, 5.41) is 3.90. The molecule has 0 fully saturated rings. The van der Waals surface area contributed by atoms with Crippen LogP contribution in [0.4, 0.5) is 0 Å². The van der Waals surface area contributed by atoms with Crippen LogP contribution in [0.3, 0.4) is 0 Å². The van der Waals surface area contributed by atoms with Crippen LogP contribution >= 0.6 is 0 Å². The van der Waals surface area contributed by atoms with E-state index >= 15 is 0 Å². The largest absolute Gasteiger partial charge is 0.494 e. The molecule has 0 aliphatic carbocycles. The first-order valence-electron chi connectivity index (χ1n) is 7.38. The van der Waals surface area contributed by atoms with Gasteiger partial charge in [0.25, 0.3) is 5.91 Å². The molecule has 0 radical (unpaired) electrons. The second-order valence-electron chi connectivity index (χ2n) is 4.77. The summed E-state index contributed by atoms with van der Waals surface area (Å²) < 4.78 is 9.94. The van der Waals surface area contributed by atoms with Gasteiger partial charge in [-0.15, -0.1) is 0 Å². The van der Waals surface area contributed by atoms with E-state index in [1.165, 1.54) is 13.3 Å². The molecule has 0 saturated carbocycles. The predicted octanol–water partition coefficient (Wildman–Crippen LogP) is 2.64. The predicted molar refractivity (Wildman–Crippen MR) is 90.5 cm³/mol. The highest BCUT2D eigenvalue weighted by Crippen LogP contribution is 2.12. The van der Waals surface area contributed by atoms with E-state index in [0.29, 0.717) is 23.5 Å². The van der Waals surface area contributed by atoms with Gasteiger partial charge in [-0.3, -0.25) is 4.79 Å². The lowest BCUT2D eigenvalue weighted by molar-refractivity contribution is 0.0600. The van der Waals surface area contributed by atoms with Gasteiger partial charge in [0.1, 0.15) is 5.75 Å². The number of benzene rings is 2. The summed E-state index contributed by atoms with van der Waals surface area (Å²) in [6.45, 7) is 2.47. The van der Waals surface area contributed by atoms with Gasteiger partial charge >= 0.3 is 5.97 Å². The van der Waals surface area contributed by atoms with Crippen LogP contribution in [-0.4, -0.2) is 31.8 Å². The first-order chi connectivity index (χ1) is 11.6. The van der Waals surface area contributed by atoms with Gasteiger partial charge in [0, 0.05) is 5.56 Å². The average Bonchev–Trinajstić information content (AvgIpc) is 2.62. The molecular weight excluding hydrogens is 308 g/mol. The number of hydrogen-bond acceptors (Lipinski definition) is 5. The lowest BCUT2D eigenvalue weighted by Crippen LogP contribution is -2.17. The minimum absolute atomic E-state index is 0.319. The fraction of sp³-hybridized carbons (Fsp3) is 0.167. The topological polar surface area (TPSA) is 77.0 Å². The Morgan fingerprint density at radius 1 is 1.04 bits per heavy atom. The Kier molecular flexibility index (Phi) is 6.08. The molecule has 1 amide bonds. The smallest absolute Gasteiger partial charge is 0.337 e. The summed E-state index contributed by atoms with van der Waals surface area (Å²) in [5.41, 5.74) is 4.13. The molecule has 0 bridgehead atoms. The van der Waals surface area contributed by atoms with Gasteiger partial charge in [-0.25, -0.2) is 10.2 Å². The SMILES string of the molecule is CCOc1ccc(C(=O)N/N=C/c2ccc(C(=O)OC)cc2)cc1. The summed E-state index contributed by atoms with van der Waals surface area (Å²) in [6.07, 6.45) is 1.49. The highest BCUT2D eigenvalue weighted by Gasteiger charge is 2.05. The van der Waals surface area contributed by atoms with Gasteiger partial charge in [-0.2, -0.15) is 5.10 Å². The Morgan fingerprint density at radius 3 is 2.25 bits per heavy atom. The first-order valence-corrected chi connectivity index (χ1v) is 7.38. The van der Waals surface area contributed by atoms with E-state index in [0.717, 1.165) is 5.56 Å². The fourth-order valence-electron chi connectivity index (χ4n) is 1.92. The number of ether oxygens (including phenoxy) is 2. The van der Waals surface area contributed by atoms with Gasteiger partial charge in [0.2, 0.25) is 0 Å². The van der Waals surface area contributed by atoms with Crippen molar-refractivity contribution in [2.45, 2.75) is 6.92 Å².